The highest BCUT2D eigenvalue weighted by Crippen LogP contribution is 2.17. The maximum absolute atomic E-state index is 11.5. The Kier molecular flexibility index (Phi) is 4.17. The van der Waals surface area contributed by atoms with Crippen LogP contribution in [0.25, 0.3) is 0 Å². The van der Waals surface area contributed by atoms with Crippen LogP contribution in [0.5, 0.6) is 0 Å². The van der Waals surface area contributed by atoms with Crippen LogP contribution in [-0.4, -0.2) is 16.3 Å². The van der Waals surface area contributed by atoms with E-state index in [2.05, 4.69) is 12.1 Å². The lowest BCUT2D eigenvalue weighted by Gasteiger charge is -2.23. The molecule has 1 heterocycles. The van der Waals surface area contributed by atoms with Crippen LogP contribution in [-0.2, 0) is 6.42 Å². The second-order valence-corrected chi connectivity index (χ2v) is 4.87. The van der Waals surface area contributed by atoms with Crippen molar-refractivity contribution in [2.75, 3.05) is 6.61 Å². The predicted molar refractivity (Wildman–Crippen MR) is 76.4 cm³/mol. The molecule has 0 spiro atoms. The zero-order chi connectivity index (χ0) is 13.8. The summed E-state index contributed by atoms with van der Waals surface area (Å²) in [5.41, 5.74) is 2.97. The number of pyridine rings is 1. The van der Waals surface area contributed by atoms with Gasteiger partial charge >= 0.3 is 0 Å². The molecule has 2 rings (SSSR count). The van der Waals surface area contributed by atoms with Gasteiger partial charge in [-0.3, -0.25) is 4.79 Å². The lowest BCUT2D eigenvalue weighted by molar-refractivity contribution is 0.223. The molecule has 0 saturated carbocycles. The van der Waals surface area contributed by atoms with Gasteiger partial charge in [-0.1, -0.05) is 30.3 Å². The van der Waals surface area contributed by atoms with Crippen LogP contribution in [0.4, 0.5) is 0 Å². The summed E-state index contributed by atoms with van der Waals surface area (Å²) >= 11 is 0. The molecule has 1 aromatic carbocycles. The van der Waals surface area contributed by atoms with Crippen LogP contribution in [0, 0.1) is 13.8 Å². The number of hydrogen-bond acceptors (Lipinski definition) is 2. The molecule has 0 bridgehead atoms. The topological polar surface area (TPSA) is 42.2 Å². The van der Waals surface area contributed by atoms with E-state index < -0.39 is 0 Å². The van der Waals surface area contributed by atoms with Crippen molar-refractivity contribution in [3.05, 3.63) is 69.6 Å². The molecule has 0 saturated heterocycles. The first-order chi connectivity index (χ1) is 9.11. The molecule has 1 aromatic heterocycles. The highest BCUT2D eigenvalue weighted by molar-refractivity contribution is 5.18. The van der Waals surface area contributed by atoms with E-state index in [9.17, 15) is 9.90 Å². The molecule has 3 nitrogen and oxygen atoms in total. The molecule has 0 aliphatic carbocycles. The Morgan fingerprint density at radius 1 is 1.11 bits per heavy atom. The van der Waals surface area contributed by atoms with Gasteiger partial charge in [0.05, 0.1) is 12.6 Å². The van der Waals surface area contributed by atoms with Crippen molar-refractivity contribution in [1.29, 1.82) is 0 Å². The van der Waals surface area contributed by atoms with Crippen molar-refractivity contribution >= 4 is 0 Å². The molecule has 0 amide bonds. The van der Waals surface area contributed by atoms with Gasteiger partial charge in [0.1, 0.15) is 0 Å². The van der Waals surface area contributed by atoms with Crippen LogP contribution in [0.2, 0.25) is 0 Å². The number of aryl methyl sites for hydroxylation is 2. The average molecular weight is 257 g/mol. The van der Waals surface area contributed by atoms with Crippen molar-refractivity contribution in [3.63, 3.8) is 0 Å². The summed E-state index contributed by atoms with van der Waals surface area (Å²) in [6.45, 7) is 3.86. The van der Waals surface area contributed by atoms with Crippen LogP contribution >= 0.6 is 0 Å². The second-order valence-electron chi connectivity index (χ2n) is 4.87. The van der Waals surface area contributed by atoms with Gasteiger partial charge in [0.15, 0.2) is 5.43 Å². The van der Waals surface area contributed by atoms with E-state index in [1.54, 1.807) is 12.1 Å². The van der Waals surface area contributed by atoms with Crippen LogP contribution < -0.4 is 5.43 Å². The summed E-state index contributed by atoms with van der Waals surface area (Å²) in [6.07, 6.45) is 0.752. The van der Waals surface area contributed by atoms with Gasteiger partial charge in [-0.2, -0.15) is 0 Å². The fourth-order valence-electron chi connectivity index (χ4n) is 2.57. The van der Waals surface area contributed by atoms with Gasteiger partial charge < -0.3 is 9.67 Å². The molecule has 0 fully saturated rings. The molecule has 0 radical (unpaired) electrons. The summed E-state index contributed by atoms with van der Waals surface area (Å²) in [5.74, 6) is 0. The Hall–Kier alpha value is -1.87. The molecule has 100 valence electrons. The lowest BCUT2D eigenvalue weighted by Crippen LogP contribution is -2.22. The number of aliphatic hydroxyl groups excluding tert-OH is 1. The average Bonchev–Trinajstić information content (AvgIpc) is 2.37. The molecule has 1 atom stereocenters. The second kappa shape index (κ2) is 5.85. The van der Waals surface area contributed by atoms with Crippen molar-refractivity contribution < 1.29 is 5.11 Å². The Morgan fingerprint density at radius 3 is 2.21 bits per heavy atom. The quantitative estimate of drug-likeness (QED) is 0.912. The summed E-state index contributed by atoms with van der Waals surface area (Å²) in [7, 11) is 0. The maximum atomic E-state index is 11.5. The third-order valence-electron chi connectivity index (χ3n) is 3.35. The Labute approximate surface area is 113 Å². The first-order valence-electron chi connectivity index (χ1n) is 6.46. The van der Waals surface area contributed by atoms with Crippen LogP contribution in [0.15, 0.2) is 47.3 Å². The van der Waals surface area contributed by atoms with Gasteiger partial charge in [-0.15, -0.1) is 0 Å². The Balaban J connectivity index is 2.35. The maximum Gasteiger partial charge on any atom is 0.182 e. The highest BCUT2D eigenvalue weighted by Gasteiger charge is 2.14. The summed E-state index contributed by atoms with van der Waals surface area (Å²) in [4.78, 5) is 11.5. The van der Waals surface area contributed by atoms with Crippen molar-refractivity contribution in [1.82, 2.24) is 4.57 Å². The third kappa shape index (κ3) is 3.12. The summed E-state index contributed by atoms with van der Waals surface area (Å²) < 4.78 is 2.04. The van der Waals surface area contributed by atoms with Gasteiger partial charge in [-0.25, -0.2) is 0 Å². The van der Waals surface area contributed by atoms with Gasteiger partial charge in [0.2, 0.25) is 0 Å². The lowest BCUT2D eigenvalue weighted by atomic mass is 10.1. The molecule has 1 N–H and O–H groups in total. The normalized spacial score (nSPS) is 12.4. The van der Waals surface area contributed by atoms with E-state index in [0.29, 0.717) is 0 Å². The minimum atomic E-state index is -0.0389. The third-order valence-corrected chi connectivity index (χ3v) is 3.35. The van der Waals surface area contributed by atoms with E-state index in [0.717, 1.165) is 17.8 Å². The van der Waals surface area contributed by atoms with Crippen molar-refractivity contribution in [3.8, 4) is 0 Å². The monoisotopic (exact) mass is 257 g/mol. The molecule has 0 aliphatic rings. The first kappa shape index (κ1) is 13.6. The van der Waals surface area contributed by atoms with Gasteiger partial charge in [0.25, 0.3) is 0 Å². The zero-order valence-corrected chi connectivity index (χ0v) is 11.3. The first-order valence-corrected chi connectivity index (χ1v) is 6.46. The van der Waals surface area contributed by atoms with Crippen molar-refractivity contribution in [2.24, 2.45) is 0 Å². The summed E-state index contributed by atoms with van der Waals surface area (Å²) in [6, 6.07) is 13.3. The fraction of sp³-hybridized carbons (Fsp3) is 0.312. The number of rotatable bonds is 4. The summed E-state index contributed by atoms with van der Waals surface area (Å²) in [5, 5.41) is 9.66. The van der Waals surface area contributed by atoms with E-state index in [-0.39, 0.29) is 18.1 Å². The molecule has 19 heavy (non-hydrogen) atoms. The predicted octanol–water partition coefficient (Wildman–Crippen LogP) is 2.24. The van der Waals surface area contributed by atoms with E-state index >= 15 is 0 Å². The van der Waals surface area contributed by atoms with Gasteiger partial charge in [-0.05, 0) is 25.8 Å². The molecule has 2 aromatic rings. The van der Waals surface area contributed by atoms with E-state index in [1.807, 2.05) is 36.6 Å². The standard InChI is InChI=1S/C16H19NO2/c1-12-8-16(19)9-13(2)17(12)15(11-18)10-14-6-4-3-5-7-14/h3-9,15,18H,10-11H2,1-2H3/t15-/m1/s1. The number of nitrogens with zero attached hydrogens (tertiary/aromatic N) is 1. The van der Waals surface area contributed by atoms with Crippen molar-refractivity contribution in [2.45, 2.75) is 26.3 Å². The molecule has 3 heteroatoms. The SMILES string of the molecule is Cc1cc(=O)cc(C)n1[C@@H](CO)Cc1ccccc1. The largest absolute Gasteiger partial charge is 0.394 e. The van der Waals surface area contributed by atoms with Crippen LogP contribution in [0.1, 0.15) is 23.0 Å². The molecule has 0 aliphatic heterocycles. The highest BCUT2D eigenvalue weighted by atomic mass is 16.3. The smallest absolute Gasteiger partial charge is 0.182 e. The molecule has 0 unspecified atom stereocenters. The van der Waals surface area contributed by atoms with E-state index in [4.69, 9.17) is 0 Å². The number of hydrogen-bond donors (Lipinski definition) is 1. The van der Waals surface area contributed by atoms with Gasteiger partial charge in [0, 0.05) is 23.5 Å². The van der Waals surface area contributed by atoms with Crippen LogP contribution in [0.3, 0.4) is 0 Å². The Bertz CT molecular complexity index is 576. The zero-order valence-electron chi connectivity index (χ0n) is 11.3. The molecular weight excluding hydrogens is 238 g/mol. The number of aromatic nitrogens is 1. The van der Waals surface area contributed by atoms with E-state index in [1.165, 1.54) is 5.56 Å². The number of benzene rings is 1. The fourth-order valence-corrected chi connectivity index (χ4v) is 2.57. The molecular formula is C16H19NO2. The number of aliphatic hydroxyl groups is 1. The Morgan fingerprint density at radius 2 is 1.68 bits per heavy atom. The minimum absolute atomic E-state index is 0.0163. The minimum Gasteiger partial charge on any atom is -0.394 e.